The molecule has 0 saturated heterocycles. The van der Waals surface area contributed by atoms with E-state index in [1.165, 1.54) is 17.9 Å². The van der Waals surface area contributed by atoms with Gasteiger partial charge in [-0.3, -0.25) is 4.79 Å². The Kier molecular flexibility index (Phi) is 4.78. The molecule has 0 spiro atoms. The number of hydrogen-bond acceptors (Lipinski definition) is 2. The Balaban J connectivity index is 2.10. The molecule has 0 radical (unpaired) electrons. The van der Waals surface area contributed by atoms with Crippen LogP contribution in [0.4, 0.5) is 8.78 Å². The lowest BCUT2D eigenvalue weighted by Gasteiger charge is -2.28. The molecule has 4 nitrogen and oxygen atoms in total. The lowest BCUT2D eigenvalue weighted by atomic mass is 9.96. The zero-order valence-electron chi connectivity index (χ0n) is 12.6. The van der Waals surface area contributed by atoms with E-state index in [0.717, 1.165) is 25.0 Å². The van der Waals surface area contributed by atoms with Crippen molar-refractivity contribution in [1.29, 1.82) is 0 Å². The highest BCUT2D eigenvalue weighted by molar-refractivity contribution is 5.84. The molecule has 1 aliphatic carbocycles. The van der Waals surface area contributed by atoms with Gasteiger partial charge < -0.3 is 10.0 Å². The number of carboxylic acids is 1. The highest BCUT2D eigenvalue weighted by Crippen LogP contribution is 2.31. The Labute approximate surface area is 127 Å². The Morgan fingerprint density at radius 2 is 1.95 bits per heavy atom. The first-order valence-electron chi connectivity index (χ1n) is 7.30. The van der Waals surface area contributed by atoms with Crippen molar-refractivity contribution in [1.82, 2.24) is 4.90 Å². The molecule has 2 rings (SSSR count). The minimum Gasteiger partial charge on any atom is -0.480 e. The van der Waals surface area contributed by atoms with Crippen molar-refractivity contribution in [3.63, 3.8) is 0 Å². The molecule has 1 aliphatic rings. The predicted octanol–water partition coefficient (Wildman–Crippen LogP) is 2.92. The lowest BCUT2D eigenvalue weighted by molar-refractivity contribution is -0.150. The first-order valence-corrected chi connectivity index (χ1v) is 7.30. The SMILES string of the molecule is CC(CC(=O)N(C1CC1)C(C)C(=O)O)c1ccc(F)cc1F. The first kappa shape index (κ1) is 16.4. The van der Waals surface area contributed by atoms with E-state index >= 15 is 0 Å². The van der Waals surface area contributed by atoms with Gasteiger partial charge in [0.2, 0.25) is 5.91 Å². The van der Waals surface area contributed by atoms with Crippen LogP contribution in [0.2, 0.25) is 0 Å². The summed E-state index contributed by atoms with van der Waals surface area (Å²) in [4.78, 5) is 24.9. The lowest BCUT2D eigenvalue weighted by Crippen LogP contribution is -2.45. The molecule has 6 heteroatoms. The van der Waals surface area contributed by atoms with Gasteiger partial charge in [0, 0.05) is 18.5 Å². The van der Waals surface area contributed by atoms with Crippen molar-refractivity contribution < 1.29 is 23.5 Å². The van der Waals surface area contributed by atoms with Crippen LogP contribution in [0.15, 0.2) is 18.2 Å². The number of rotatable bonds is 6. The fraction of sp³-hybridized carbons (Fsp3) is 0.500. The summed E-state index contributed by atoms with van der Waals surface area (Å²) in [5.74, 6) is -3.17. The van der Waals surface area contributed by atoms with Crippen LogP contribution in [-0.4, -0.2) is 34.0 Å². The smallest absolute Gasteiger partial charge is 0.326 e. The minimum absolute atomic E-state index is 0.00330. The number of nitrogens with zero attached hydrogens (tertiary/aromatic N) is 1. The van der Waals surface area contributed by atoms with Crippen molar-refractivity contribution in [2.45, 2.75) is 51.1 Å². The predicted molar refractivity (Wildman–Crippen MR) is 76.4 cm³/mol. The van der Waals surface area contributed by atoms with Crippen molar-refractivity contribution in [3.05, 3.63) is 35.4 Å². The molecule has 120 valence electrons. The van der Waals surface area contributed by atoms with Gasteiger partial charge in [0.25, 0.3) is 0 Å². The number of hydrogen-bond donors (Lipinski definition) is 1. The third-order valence-electron chi connectivity index (χ3n) is 3.98. The van der Waals surface area contributed by atoms with Gasteiger partial charge in [-0.15, -0.1) is 0 Å². The van der Waals surface area contributed by atoms with Crippen molar-refractivity contribution >= 4 is 11.9 Å². The zero-order valence-corrected chi connectivity index (χ0v) is 12.6. The second kappa shape index (κ2) is 6.42. The van der Waals surface area contributed by atoms with Crippen molar-refractivity contribution in [3.8, 4) is 0 Å². The molecule has 2 unspecified atom stereocenters. The summed E-state index contributed by atoms with van der Waals surface area (Å²) in [6, 6.07) is 2.33. The summed E-state index contributed by atoms with van der Waals surface area (Å²) in [5.41, 5.74) is 0.258. The molecule has 0 aromatic heterocycles. The summed E-state index contributed by atoms with van der Waals surface area (Å²) in [6.45, 7) is 3.15. The van der Waals surface area contributed by atoms with Crippen LogP contribution < -0.4 is 0 Å². The first-order chi connectivity index (χ1) is 10.3. The van der Waals surface area contributed by atoms with Crippen LogP contribution in [0.3, 0.4) is 0 Å². The normalized spacial score (nSPS) is 16.9. The van der Waals surface area contributed by atoms with Crippen LogP contribution in [-0.2, 0) is 9.59 Å². The number of benzene rings is 1. The quantitative estimate of drug-likeness (QED) is 0.879. The number of carbonyl (C=O) groups is 2. The largest absolute Gasteiger partial charge is 0.480 e. The molecular weight excluding hydrogens is 292 g/mol. The van der Waals surface area contributed by atoms with Crippen molar-refractivity contribution in [2.24, 2.45) is 0 Å². The number of carbonyl (C=O) groups excluding carboxylic acids is 1. The van der Waals surface area contributed by atoms with E-state index < -0.39 is 29.6 Å². The third kappa shape index (κ3) is 3.61. The molecule has 1 aromatic carbocycles. The average molecular weight is 311 g/mol. The molecule has 1 N–H and O–H groups in total. The molecule has 22 heavy (non-hydrogen) atoms. The number of carboxylic acid groups (broad SMARTS) is 1. The number of aliphatic carboxylic acids is 1. The maximum absolute atomic E-state index is 13.8. The topological polar surface area (TPSA) is 57.6 Å². The maximum Gasteiger partial charge on any atom is 0.326 e. The molecule has 1 saturated carbocycles. The number of amides is 1. The van der Waals surface area contributed by atoms with Crippen molar-refractivity contribution in [2.75, 3.05) is 0 Å². The number of halogens is 2. The van der Waals surface area contributed by atoms with Crippen LogP contribution in [0.25, 0.3) is 0 Å². The van der Waals surface area contributed by atoms with Crippen LogP contribution in [0.5, 0.6) is 0 Å². The van der Waals surface area contributed by atoms with E-state index in [1.807, 2.05) is 0 Å². The summed E-state index contributed by atoms with van der Waals surface area (Å²) in [7, 11) is 0. The Morgan fingerprint density at radius 1 is 1.32 bits per heavy atom. The van der Waals surface area contributed by atoms with Gasteiger partial charge in [-0.2, -0.15) is 0 Å². The Morgan fingerprint density at radius 3 is 2.45 bits per heavy atom. The molecular formula is C16H19F2NO3. The van der Waals surface area contributed by atoms with Gasteiger partial charge in [0.1, 0.15) is 17.7 Å². The van der Waals surface area contributed by atoms with Crippen LogP contribution in [0, 0.1) is 11.6 Å². The van der Waals surface area contributed by atoms with E-state index in [9.17, 15) is 18.4 Å². The van der Waals surface area contributed by atoms with E-state index in [-0.39, 0.29) is 23.9 Å². The molecule has 0 bridgehead atoms. The zero-order chi connectivity index (χ0) is 16.4. The molecule has 0 heterocycles. The highest BCUT2D eigenvalue weighted by Gasteiger charge is 2.38. The Bertz CT molecular complexity index is 587. The van der Waals surface area contributed by atoms with Gasteiger partial charge in [-0.1, -0.05) is 13.0 Å². The van der Waals surface area contributed by atoms with E-state index in [0.29, 0.717) is 0 Å². The van der Waals surface area contributed by atoms with E-state index in [1.54, 1.807) is 6.92 Å². The second-order valence-electron chi connectivity index (χ2n) is 5.82. The maximum atomic E-state index is 13.8. The summed E-state index contributed by atoms with van der Waals surface area (Å²) in [6.07, 6.45) is 1.59. The van der Waals surface area contributed by atoms with Gasteiger partial charge in [-0.25, -0.2) is 13.6 Å². The summed E-state index contributed by atoms with van der Waals surface area (Å²) >= 11 is 0. The summed E-state index contributed by atoms with van der Waals surface area (Å²) in [5, 5.41) is 9.11. The Hall–Kier alpha value is -1.98. The average Bonchev–Trinajstić information content (AvgIpc) is 3.22. The van der Waals surface area contributed by atoms with Gasteiger partial charge in [0.05, 0.1) is 0 Å². The standard InChI is InChI=1S/C16H19F2NO3/c1-9(13-6-3-11(17)8-14(13)18)7-15(20)19(12-4-5-12)10(2)16(21)22/h3,6,8-10,12H,4-5,7H2,1-2H3,(H,21,22). The molecule has 2 atom stereocenters. The fourth-order valence-electron chi connectivity index (χ4n) is 2.59. The van der Waals surface area contributed by atoms with E-state index in [2.05, 4.69) is 0 Å². The molecule has 1 fully saturated rings. The highest BCUT2D eigenvalue weighted by atomic mass is 19.1. The molecule has 1 aromatic rings. The van der Waals surface area contributed by atoms with Crippen LogP contribution >= 0.6 is 0 Å². The van der Waals surface area contributed by atoms with Crippen LogP contribution in [0.1, 0.15) is 44.6 Å². The minimum atomic E-state index is -1.05. The third-order valence-corrected chi connectivity index (χ3v) is 3.98. The van der Waals surface area contributed by atoms with Gasteiger partial charge in [0.15, 0.2) is 0 Å². The monoisotopic (exact) mass is 311 g/mol. The second-order valence-corrected chi connectivity index (χ2v) is 5.82. The van der Waals surface area contributed by atoms with E-state index in [4.69, 9.17) is 5.11 Å². The molecule has 0 aliphatic heterocycles. The van der Waals surface area contributed by atoms with Gasteiger partial charge >= 0.3 is 5.97 Å². The summed E-state index contributed by atoms with van der Waals surface area (Å²) < 4.78 is 26.7. The fourth-order valence-corrected chi connectivity index (χ4v) is 2.59. The van der Waals surface area contributed by atoms with Gasteiger partial charge in [-0.05, 0) is 37.3 Å². The molecule has 1 amide bonds.